The van der Waals surface area contributed by atoms with Crippen LogP contribution in [0.2, 0.25) is 0 Å². The Bertz CT molecular complexity index is 1320. The molecule has 0 fully saturated rings. The van der Waals surface area contributed by atoms with Crippen molar-refractivity contribution in [2.75, 3.05) is 85.8 Å². The highest BCUT2D eigenvalue weighted by molar-refractivity contribution is 5.79. The average Bonchev–Trinajstić information content (AvgIpc) is 3.50. The molecule has 3 aromatic carbocycles. The van der Waals surface area contributed by atoms with E-state index in [9.17, 15) is 4.79 Å². The number of fused-ring (bicyclic) bond motifs is 3. The Kier molecular flexibility index (Phi) is 20.9. The van der Waals surface area contributed by atoms with Gasteiger partial charge in [-0.1, -0.05) is 106 Å². The molecule has 0 unspecified atom stereocenters. The van der Waals surface area contributed by atoms with Crippen LogP contribution in [0.5, 0.6) is 5.75 Å². The number of carbonyl (C=O) groups is 1. The smallest absolute Gasteiger partial charge is 0.407 e. The maximum Gasteiger partial charge on any atom is 0.407 e. The van der Waals surface area contributed by atoms with Gasteiger partial charge in [0.2, 0.25) is 0 Å². The highest BCUT2D eigenvalue weighted by atomic mass is 16.6. The molecule has 52 heavy (non-hydrogen) atoms. The van der Waals surface area contributed by atoms with Gasteiger partial charge in [0.25, 0.3) is 0 Å². The van der Waals surface area contributed by atoms with Gasteiger partial charge in [-0.3, -0.25) is 0 Å². The predicted octanol–water partition coefficient (Wildman–Crippen LogP) is 8.37. The summed E-state index contributed by atoms with van der Waals surface area (Å²) in [5, 5.41) is 2.81. The number of rotatable bonds is 30. The van der Waals surface area contributed by atoms with Gasteiger partial charge in [0.1, 0.15) is 19.0 Å². The molecule has 0 radical (unpaired) electrons. The number of alkyl carbamates (subject to hydrolysis) is 1. The molecule has 0 saturated carbocycles. The number of ether oxygens (including phenoxy) is 7. The maximum atomic E-state index is 12.3. The number of aryl methyl sites for hydroxylation is 1. The molecule has 0 aromatic heterocycles. The van der Waals surface area contributed by atoms with Crippen molar-refractivity contribution in [1.29, 1.82) is 0 Å². The SMILES string of the molecule is CCCCCCCCCc1ccc(OCCOCCOCCOCCOCCOCCCNC(=O)OCC2c3ccccc3-c3ccccc32)cc1. The molecule has 0 heterocycles. The number of hydrogen-bond donors (Lipinski definition) is 1. The Morgan fingerprint density at radius 1 is 0.558 bits per heavy atom. The lowest BCUT2D eigenvalue weighted by atomic mass is 9.98. The van der Waals surface area contributed by atoms with E-state index in [-0.39, 0.29) is 5.92 Å². The van der Waals surface area contributed by atoms with Crippen LogP contribution in [-0.2, 0) is 34.8 Å². The first-order valence-corrected chi connectivity index (χ1v) is 19.5. The molecule has 0 aliphatic heterocycles. The van der Waals surface area contributed by atoms with E-state index in [2.05, 4.69) is 60.8 Å². The van der Waals surface area contributed by atoms with Crippen molar-refractivity contribution in [3.8, 4) is 16.9 Å². The molecule has 9 nitrogen and oxygen atoms in total. The van der Waals surface area contributed by atoms with Crippen molar-refractivity contribution in [2.45, 2.75) is 70.6 Å². The van der Waals surface area contributed by atoms with Gasteiger partial charge in [-0.25, -0.2) is 4.79 Å². The fraction of sp³-hybridized carbons (Fsp3) is 0.558. The Morgan fingerprint density at radius 3 is 1.63 bits per heavy atom. The minimum absolute atomic E-state index is 0.0563. The van der Waals surface area contributed by atoms with Gasteiger partial charge in [-0.15, -0.1) is 0 Å². The van der Waals surface area contributed by atoms with Crippen molar-refractivity contribution >= 4 is 6.09 Å². The summed E-state index contributed by atoms with van der Waals surface area (Å²) in [5.41, 5.74) is 6.21. The van der Waals surface area contributed by atoms with Crippen LogP contribution in [-0.4, -0.2) is 91.9 Å². The number of amides is 1. The Hall–Kier alpha value is -3.47. The Morgan fingerprint density at radius 2 is 1.06 bits per heavy atom. The van der Waals surface area contributed by atoms with Gasteiger partial charge < -0.3 is 38.5 Å². The second-order valence-electron chi connectivity index (χ2n) is 13.0. The van der Waals surface area contributed by atoms with Gasteiger partial charge in [0.15, 0.2) is 0 Å². The fourth-order valence-electron chi connectivity index (χ4n) is 6.25. The lowest BCUT2D eigenvalue weighted by Crippen LogP contribution is -2.27. The summed E-state index contributed by atoms with van der Waals surface area (Å²) in [6.07, 6.45) is 10.8. The summed E-state index contributed by atoms with van der Waals surface area (Å²) in [6, 6.07) is 25.1. The third-order valence-electron chi connectivity index (χ3n) is 9.06. The summed E-state index contributed by atoms with van der Waals surface area (Å²) in [7, 11) is 0. The first-order valence-electron chi connectivity index (χ1n) is 19.5. The van der Waals surface area contributed by atoms with E-state index in [1.54, 1.807) is 0 Å². The zero-order valence-corrected chi connectivity index (χ0v) is 31.3. The molecule has 9 heteroatoms. The quantitative estimate of drug-likeness (QED) is 0.0688. The zero-order chi connectivity index (χ0) is 36.3. The second kappa shape index (κ2) is 26.3. The minimum Gasteiger partial charge on any atom is -0.491 e. The highest BCUT2D eigenvalue weighted by Gasteiger charge is 2.28. The molecule has 1 aliphatic rings. The van der Waals surface area contributed by atoms with Crippen LogP contribution in [0.15, 0.2) is 72.8 Å². The number of unbranched alkanes of at least 4 members (excludes halogenated alkanes) is 6. The first-order chi connectivity index (χ1) is 25.8. The van der Waals surface area contributed by atoms with Gasteiger partial charge in [0, 0.05) is 19.1 Å². The largest absolute Gasteiger partial charge is 0.491 e. The van der Waals surface area contributed by atoms with E-state index in [0.717, 1.165) is 12.2 Å². The molecule has 0 atom stereocenters. The van der Waals surface area contributed by atoms with Crippen LogP contribution in [0.4, 0.5) is 4.79 Å². The van der Waals surface area contributed by atoms with Crippen LogP contribution >= 0.6 is 0 Å². The summed E-state index contributed by atoms with van der Waals surface area (Å²) in [4.78, 5) is 12.3. The molecule has 4 rings (SSSR count). The monoisotopic (exact) mass is 719 g/mol. The van der Waals surface area contributed by atoms with Gasteiger partial charge in [-0.2, -0.15) is 0 Å². The molecule has 286 valence electrons. The third-order valence-corrected chi connectivity index (χ3v) is 9.06. The van der Waals surface area contributed by atoms with Crippen molar-refractivity contribution in [2.24, 2.45) is 0 Å². The van der Waals surface area contributed by atoms with E-state index in [4.69, 9.17) is 33.2 Å². The molecule has 1 amide bonds. The summed E-state index contributed by atoms with van der Waals surface area (Å²) < 4.78 is 39.2. The summed E-state index contributed by atoms with van der Waals surface area (Å²) in [6.45, 7) is 8.69. The van der Waals surface area contributed by atoms with Crippen molar-refractivity contribution < 1.29 is 38.0 Å². The van der Waals surface area contributed by atoms with Crippen LogP contribution in [0.3, 0.4) is 0 Å². The molecular weight excluding hydrogens is 658 g/mol. The number of benzene rings is 3. The van der Waals surface area contributed by atoms with Crippen molar-refractivity contribution in [1.82, 2.24) is 5.32 Å². The van der Waals surface area contributed by atoms with E-state index in [1.165, 1.54) is 72.8 Å². The zero-order valence-electron chi connectivity index (χ0n) is 31.3. The minimum atomic E-state index is -0.407. The third kappa shape index (κ3) is 16.0. The van der Waals surface area contributed by atoms with Crippen LogP contribution in [0.25, 0.3) is 11.1 Å². The first kappa shape index (κ1) is 41.3. The van der Waals surface area contributed by atoms with Crippen molar-refractivity contribution in [3.05, 3.63) is 89.5 Å². The maximum absolute atomic E-state index is 12.3. The topological polar surface area (TPSA) is 93.7 Å². The van der Waals surface area contributed by atoms with Crippen molar-refractivity contribution in [3.63, 3.8) is 0 Å². The molecule has 1 N–H and O–H groups in total. The van der Waals surface area contributed by atoms with E-state index in [0.29, 0.717) is 92.2 Å². The highest BCUT2D eigenvalue weighted by Crippen LogP contribution is 2.44. The van der Waals surface area contributed by atoms with Gasteiger partial charge in [0.05, 0.1) is 59.5 Å². The average molecular weight is 720 g/mol. The lowest BCUT2D eigenvalue weighted by molar-refractivity contribution is -0.0127. The molecule has 0 saturated heterocycles. The Labute approximate surface area is 311 Å². The van der Waals surface area contributed by atoms with E-state index in [1.807, 2.05) is 24.3 Å². The fourth-order valence-corrected chi connectivity index (χ4v) is 6.25. The molecule has 1 aliphatic carbocycles. The molecule has 0 bridgehead atoms. The summed E-state index contributed by atoms with van der Waals surface area (Å²) in [5.74, 6) is 0.940. The van der Waals surface area contributed by atoms with Gasteiger partial charge >= 0.3 is 6.09 Å². The number of hydrogen-bond acceptors (Lipinski definition) is 8. The predicted molar refractivity (Wildman–Crippen MR) is 205 cm³/mol. The summed E-state index contributed by atoms with van der Waals surface area (Å²) >= 11 is 0. The molecule has 0 spiro atoms. The normalized spacial score (nSPS) is 12.1. The molecular formula is C43H61NO8. The van der Waals surface area contributed by atoms with Crippen LogP contribution in [0, 0.1) is 0 Å². The van der Waals surface area contributed by atoms with E-state index >= 15 is 0 Å². The standard InChI is InChI=1S/C43H61NO8/c1-2-3-4-5-6-7-8-14-36-19-21-37(22-20-36)51-34-33-50-32-31-49-30-29-48-28-27-47-26-25-46-24-13-23-44-43(45)52-35-42-40-17-11-9-15-38(40)39-16-10-12-18-41(39)42/h9-12,15-22,42H,2-8,13-14,23-35H2,1H3,(H,44,45). The number of nitrogens with one attached hydrogen (secondary N) is 1. The lowest BCUT2D eigenvalue weighted by Gasteiger charge is -2.14. The molecule has 3 aromatic rings. The van der Waals surface area contributed by atoms with Crippen LogP contribution in [0.1, 0.15) is 80.9 Å². The van der Waals surface area contributed by atoms with Gasteiger partial charge in [-0.05, 0) is 59.2 Å². The van der Waals surface area contributed by atoms with Crippen LogP contribution < -0.4 is 10.1 Å². The Balaban J connectivity index is 0.849. The number of carbonyl (C=O) groups excluding carboxylic acids is 1. The van der Waals surface area contributed by atoms with E-state index < -0.39 is 6.09 Å². The second-order valence-corrected chi connectivity index (χ2v) is 13.0.